The van der Waals surface area contributed by atoms with Gasteiger partial charge in [-0.3, -0.25) is 0 Å². The van der Waals surface area contributed by atoms with E-state index >= 15 is 0 Å². The first-order chi connectivity index (χ1) is 11.0. The Balaban J connectivity index is 2.14. The molecule has 2 atom stereocenters. The van der Waals surface area contributed by atoms with Crippen molar-refractivity contribution in [2.24, 2.45) is 0 Å². The average Bonchev–Trinajstić information content (AvgIpc) is 2.33. The van der Waals surface area contributed by atoms with Crippen molar-refractivity contribution >= 4 is 12.2 Å². The molecule has 3 aliphatic heterocycles. The summed E-state index contributed by atoms with van der Waals surface area (Å²) in [7, 11) is 0. The van der Waals surface area contributed by atoms with Gasteiger partial charge >= 0.3 is 12.2 Å². The fraction of sp³-hybridized carbons (Fsp3) is 0.778. The van der Waals surface area contributed by atoms with Crippen molar-refractivity contribution in [1.29, 1.82) is 0 Å². The smallest absolute Gasteiger partial charge is 0.410 e. The molecule has 136 valence electrons. The van der Waals surface area contributed by atoms with E-state index in [9.17, 15) is 9.59 Å². The molecular formula is C18H30N2O4. The summed E-state index contributed by atoms with van der Waals surface area (Å²) in [6, 6.07) is -0.166. The number of carbonyl (C=O) groups excluding carboxylic acids is 2. The molecule has 3 heterocycles. The summed E-state index contributed by atoms with van der Waals surface area (Å²) >= 11 is 0. The molecular weight excluding hydrogens is 308 g/mol. The molecule has 24 heavy (non-hydrogen) atoms. The maximum atomic E-state index is 12.5. The van der Waals surface area contributed by atoms with E-state index in [4.69, 9.17) is 9.47 Å². The van der Waals surface area contributed by atoms with Gasteiger partial charge in [0, 0.05) is 13.1 Å². The lowest BCUT2D eigenvalue weighted by atomic mass is 9.98. The van der Waals surface area contributed by atoms with Crippen LogP contribution in [0.4, 0.5) is 9.59 Å². The zero-order valence-corrected chi connectivity index (χ0v) is 15.7. The zero-order valence-electron chi connectivity index (χ0n) is 15.7. The monoisotopic (exact) mass is 338 g/mol. The Morgan fingerprint density at radius 3 is 1.42 bits per heavy atom. The summed E-state index contributed by atoms with van der Waals surface area (Å²) in [6.07, 6.45) is 4.98. The minimum atomic E-state index is -0.528. The van der Waals surface area contributed by atoms with Crippen molar-refractivity contribution in [1.82, 2.24) is 9.80 Å². The molecule has 0 aromatic carbocycles. The molecule has 1 saturated heterocycles. The molecule has 0 saturated carbocycles. The lowest BCUT2D eigenvalue weighted by Gasteiger charge is -2.46. The van der Waals surface area contributed by atoms with E-state index in [-0.39, 0.29) is 24.3 Å². The largest absolute Gasteiger partial charge is 0.444 e. The summed E-state index contributed by atoms with van der Waals surface area (Å²) in [5.41, 5.74) is -1.06. The van der Waals surface area contributed by atoms with Crippen molar-refractivity contribution < 1.29 is 19.1 Å². The van der Waals surface area contributed by atoms with Crippen LogP contribution in [0.1, 0.15) is 54.4 Å². The summed E-state index contributed by atoms with van der Waals surface area (Å²) in [6.45, 7) is 12.1. The average molecular weight is 338 g/mol. The third-order valence-corrected chi connectivity index (χ3v) is 3.94. The summed E-state index contributed by atoms with van der Waals surface area (Å²) in [5, 5.41) is 0. The summed E-state index contributed by atoms with van der Waals surface area (Å²) in [4.78, 5) is 28.6. The van der Waals surface area contributed by atoms with Crippen LogP contribution in [-0.4, -0.2) is 58.4 Å². The fourth-order valence-corrected chi connectivity index (χ4v) is 2.95. The highest BCUT2D eigenvalue weighted by atomic mass is 16.6. The molecule has 0 radical (unpaired) electrons. The van der Waals surface area contributed by atoms with Crippen LogP contribution in [0, 0.1) is 0 Å². The van der Waals surface area contributed by atoms with Crippen molar-refractivity contribution in [2.45, 2.75) is 77.7 Å². The predicted molar refractivity (Wildman–Crippen MR) is 91.8 cm³/mol. The van der Waals surface area contributed by atoms with Gasteiger partial charge in [-0.05, 0) is 54.4 Å². The zero-order chi connectivity index (χ0) is 18.1. The number of fused-ring (bicyclic) bond motifs is 4. The lowest BCUT2D eigenvalue weighted by Crippen LogP contribution is -2.62. The Kier molecular flexibility index (Phi) is 5.16. The van der Waals surface area contributed by atoms with Crippen LogP contribution in [0.2, 0.25) is 0 Å². The molecule has 2 bridgehead atoms. The van der Waals surface area contributed by atoms with Gasteiger partial charge in [0.15, 0.2) is 0 Å². The molecule has 0 N–H and O–H groups in total. The van der Waals surface area contributed by atoms with Gasteiger partial charge in [0.2, 0.25) is 0 Å². The Morgan fingerprint density at radius 1 is 0.792 bits per heavy atom. The Morgan fingerprint density at radius 2 is 1.12 bits per heavy atom. The molecule has 0 aliphatic carbocycles. The molecule has 0 aromatic heterocycles. The maximum Gasteiger partial charge on any atom is 0.410 e. The molecule has 2 amide bonds. The molecule has 0 aromatic rings. The first-order valence-electron chi connectivity index (χ1n) is 8.60. The molecule has 3 aliphatic rings. The Labute approximate surface area is 144 Å². The van der Waals surface area contributed by atoms with Crippen LogP contribution < -0.4 is 0 Å². The SMILES string of the molecule is CC(C)(C)OC(=O)N1CC2C/C=C\CC1CN2C(=O)OC(C)(C)C. The van der Waals surface area contributed by atoms with Gasteiger partial charge in [0.1, 0.15) is 11.2 Å². The van der Waals surface area contributed by atoms with Crippen molar-refractivity contribution in [3.8, 4) is 0 Å². The maximum absolute atomic E-state index is 12.5. The lowest BCUT2D eigenvalue weighted by molar-refractivity contribution is -0.0306. The standard InChI is InChI=1S/C18H30N2O4/c1-17(2,3)23-15(21)19-11-14-10-8-7-9-13(19)12-20(14)16(22)24-18(4,5)6/h7-8,13-14H,9-12H2,1-6H3/b8-7-. The van der Waals surface area contributed by atoms with Gasteiger partial charge < -0.3 is 19.3 Å². The highest BCUT2D eigenvalue weighted by Crippen LogP contribution is 2.27. The van der Waals surface area contributed by atoms with Crippen LogP contribution in [-0.2, 0) is 9.47 Å². The van der Waals surface area contributed by atoms with E-state index in [1.807, 2.05) is 41.5 Å². The number of nitrogens with zero attached hydrogens (tertiary/aromatic N) is 2. The molecule has 2 unspecified atom stereocenters. The number of ether oxygens (including phenoxy) is 2. The van der Waals surface area contributed by atoms with E-state index < -0.39 is 11.2 Å². The molecule has 6 nitrogen and oxygen atoms in total. The van der Waals surface area contributed by atoms with Crippen LogP contribution in [0.15, 0.2) is 12.2 Å². The van der Waals surface area contributed by atoms with Gasteiger partial charge in [-0.1, -0.05) is 12.2 Å². The summed E-state index contributed by atoms with van der Waals surface area (Å²) in [5.74, 6) is 0. The third-order valence-electron chi connectivity index (χ3n) is 3.94. The number of hydrogen-bond acceptors (Lipinski definition) is 4. The molecule has 6 heteroatoms. The number of rotatable bonds is 0. The minimum absolute atomic E-state index is 0.0832. The van der Waals surface area contributed by atoms with Gasteiger partial charge in [-0.15, -0.1) is 0 Å². The highest BCUT2D eigenvalue weighted by molar-refractivity contribution is 5.72. The van der Waals surface area contributed by atoms with Gasteiger partial charge in [-0.25, -0.2) is 9.59 Å². The number of amides is 2. The second kappa shape index (κ2) is 6.65. The van der Waals surface area contributed by atoms with Crippen LogP contribution in [0.5, 0.6) is 0 Å². The van der Waals surface area contributed by atoms with E-state index in [2.05, 4.69) is 12.2 Å². The molecule has 1 fully saturated rings. The first-order valence-corrected chi connectivity index (χ1v) is 8.60. The van der Waals surface area contributed by atoms with Gasteiger partial charge in [0.05, 0.1) is 12.1 Å². The van der Waals surface area contributed by atoms with E-state index in [0.717, 1.165) is 0 Å². The normalized spacial score (nSPS) is 25.8. The number of carbonyl (C=O) groups is 2. The third kappa shape index (κ3) is 4.89. The van der Waals surface area contributed by atoms with Gasteiger partial charge in [-0.2, -0.15) is 0 Å². The topological polar surface area (TPSA) is 59.1 Å². The Bertz CT molecular complexity index is 470. The van der Waals surface area contributed by atoms with Gasteiger partial charge in [0.25, 0.3) is 0 Å². The highest BCUT2D eigenvalue weighted by Gasteiger charge is 2.41. The van der Waals surface area contributed by atoms with E-state index in [0.29, 0.717) is 25.9 Å². The fourth-order valence-electron chi connectivity index (χ4n) is 2.95. The van der Waals surface area contributed by atoms with E-state index in [1.165, 1.54) is 0 Å². The van der Waals surface area contributed by atoms with Crippen LogP contribution in [0.25, 0.3) is 0 Å². The van der Waals surface area contributed by atoms with E-state index in [1.54, 1.807) is 9.80 Å². The van der Waals surface area contributed by atoms with Crippen molar-refractivity contribution in [3.05, 3.63) is 12.2 Å². The second-order valence-electron chi connectivity index (χ2n) is 8.52. The predicted octanol–water partition coefficient (Wildman–Crippen LogP) is 3.56. The van der Waals surface area contributed by atoms with Crippen molar-refractivity contribution in [2.75, 3.05) is 13.1 Å². The number of hydrogen-bond donors (Lipinski definition) is 0. The second-order valence-corrected chi connectivity index (χ2v) is 8.52. The minimum Gasteiger partial charge on any atom is -0.444 e. The summed E-state index contributed by atoms with van der Waals surface area (Å²) < 4.78 is 11.1. The van der Waals surface area contributed by atoms with Crippen LogP contribution >= 0.6 is 0 Å². The Hall–Kier alpha value is -1.72. The van der Waals surface area contributed by atoms with Crippen molar-refractivity contribution in [3.63, 3.8) is 0 Å². The number of piperazine rings is 1. The first kappa shape index (κ1) is 18.6. The quantitative estimate of drug-likeness (QED) is 0.634. The molecule has 3 rings (SSSR count). The van der Waals surface area contributed by atoms with Crippen LogP contribution in [0.3, 0.4) is 0 Å². The molecule has 0 spiro atoms.